The van der Waals surface area contributed by atoms with Crippen LogP contribution in [-0.2, 0) is 0 Å². The van der Waals surface area contributed by atoms with Gasteiger partial charge in [0.25, 0.3) is 0 Å². The molecule has 0 amide bonds. The van der Waals surface area contributed by atoms with Crippen LogP contribution in [0.4, 0.5) is 0 Å². The molecule has 0 bridgehead atoms. The molecule has 0 aliphatic heterocycles. The number of hydrazine groups is 1. The zero-order valence-electron chi connectivity index (χ0n) is 18.4. The fraction of sp³-hybridized carbons (Fsp3) is 0.360. The highest BCUT2D eigenvalue weighted by Gasteiger charge is 2.25. The maximum atomic E-state index is 6.00. The van der Waals surface area contributed by atoms with Gasteiger partial charge in [-0.3, -0.25) is 11.3 Å². The predicted octanol–water partition coefficient (Wildman–Crippen LogP) is 6.91. The minimum Gasteiger partial charge on any atom is -0.271 e. The van der Waals surface area contributed by atoms with E-state index in [9.17, 15) is 0 Å². The van der Waals surface area contributed by atoms with Crippen LogP contribution in [0.25, 0.3) is 23.1 Å². The summed E-state index contributed by atoms with van der Waals surface area (Å²) in [5.74, 6) is 7.33. The van der Waals surface area contributed by atoms with Gasteiger partial charge in [0, 0.05) is 22.4 Å². The standard InChI is InChI=1S/C25H29ClN4.2ClH/c1-16(2)19-8-13-23-22(15-19)25(18-6-11-21(30-27)12-7-18)29-24(28-23)14-5-17-3-9-20(26)10-4-17;;/h3-5,8-10,13-16,18,21,30H,6-7,11-12,27H2,1-2H3;2*1H/b14-5-;;. The highest BCUT2D eigenvalue weighted by atomic mass is 35.5. The van der Waals surface area contributed by atoms with E-state index in [0.717, 1.165) is 47.6 Å². The van der Waals surface area contributed by atoms with Crippen molar-refractivity contribution in [2.75, 3.05) is 0 Å². The fourth-order valence-corrected chi connectivity index (χ4v) is 4.34. The van der Waals surface area contributed by atoms with Crippen LogP contribution in [0.15, 0.2) is 42.5 Å². The summed E-state index contributed by atoms with van der Waals surface area (Å²) in [6, 6.07) is 14.8. The number of hydrogen-bond acceptors (Lipinski definition) is 4. The summed E-state index contributed by atoms with van der Waals surface area (Å²) in [6.45, 7) is 4.45. The van der Waals surface area contributed by atoms with E-state index in [1.807, 2.05) is 36.4 Å². The maximum Gasteiger partial charge on any atom is 0.152 e. The van der Waals surface area contributed by atoms with Crippen molar-refractivity contribution in [1.82, 2.24) is 15.4 Å². The number of hydrogen-bond donors (Lipinski definition) is 2. The van der Waals surface area contributed by atoms with Gasteiger partial charge in [0.2, 0.25) is 0 Å². The highest BCUT2D eigenvalue weighted by Crippen LogP contribution is 2.36. The largest absolute Gasteiger partial charge is 0.271 e. The van der Waals surface area contributed by atoms with Crippen molar-refractivity contribution in [3.05, 3.63) is 70.1 Å². The molecule has 1 fully saturated rings. The molecule has 4 rings (SSSR count). The first-order chi connectivity index (χ1) is 14.5. The molecule has 1 heterocycles. The van der Waals surface area contributed by atoms with Crippen molar-refractivity contribution in [3.63, 3.8) is 0 Å². The second-order valence-electron chi connectivity index (χ2n) is 8.50. The van der Waals surface area contributed by atoms with Crippen LogP contribution in [0.5, 0.6) is 0 Å². The SMILES string of the molecule is CC(C)c1ccc2nc(/C=C\c3ccc(Cl)cc3)nc(C3CCC(NN)CC3)c2c1.Cl.Cl. The monoisotopic (exact) mass is 492 g/mol. The van der Waals surface area contributed by atoms with Crippen molar-refractivity contribution in [2.45, 2.75) is 57.4 Å². The van der Waals surface area contributed by atoms with E-state index in [2.05, 4.69) is 37.5 Å². The normalized spacial score (nSPS) is 18.5. The molecule has 0 atom stereocenters. The van der Waals surface area contributed by atoms with E-state index < -0.39 is 0 Å². The molecule has 1 saturated carbocycles. The minimum absolute atomic E-state index is 0. The van der Waals surface area contributed by atoms with Gasteiger partial charge in [0.05, 0.1) is 11.2 Å². The van der Waals surface area contributed by atoms with E-state index in [1.54, 1.807) is 0 Å². The first-order valence-corrected chi connectivity index (χ1v) is 11.1. The Bertz CT molecular complexity index is 1040. The zero-order chi connectivity index (χ0) is 21.1. The Balaban J connectivity index is 0.00000181. The van der Waals surface area contributed by atoms with Crippen molar-refractivity contribution in [3.8, 4) is 0 Å². The lowest BCUT2D eigenvalue weighted by molar-refractivity contribution is 0.344. The van der Waals surface area contributed by atoms with Gasteiger partial charge in [-0.15, -0.1) is 24.8 Å². The number of benzene rings is 2. The highest BCUT2D eigenvalue weighted by molar-refractivity contribution is 6.30. The third-order valence-electron chi connectivity index (χ3n) is 6.08. The molecule has 3 aromatic rings. The summed E-state index contributed by atoms with van der Waals surface area (Å²) in [4.78, 5) is 9.87. The minimum atomic E-state index is 0. The van der Waals surface area contributed by atoms with Crippen molar-refractivity contribution >= 4 is 59.5 Å². The van der Waals surface area contributed by atoms with Crippen LogP contribution in [0, 0.1) is 0 Å². The smallest absolute Gasteiger partial charge is 0.152 e. The van der Waals surface area contributed by atoms with Crippen LogP contribution in [0.2, 0.25) is 5.02 Å². The van der Waals surface area contributed by atoms with Crippen LogP contribution in [0.1, 0.15) is 74.0 Å². The molecule has 1 aromatic heterocycles. The lowest BCUT2D eigenvalue weighted by Crippen LogP contribution is -2.37. The van der Waals surface area contributed by atoms with Crippen LogP contribution < -0.4 is 11.3 Å². The molecule has 0 unspecified atom stereocenters. The van der Waals surface area contributed by atoms with Crippen LogP contribution >= 0.6 is 36.4 Å². The third-order valence-corrected chi connectivity index (χ3v) is 6.33. The molecule has 32 heavy (non-hydrogen) atoms. The molecule has 3 N–H and O–H groups in total. The lowest BCUT2D eigenvalue weighted by atomic mass is 9.82. The molecule has 1 aliphatic carbocycles. The molecule has 0 spiro atoms. The number of nitrogens with two attached hydrogens (primary N) is 1. The molecule has 1 aliphatic rings. The topological polar surface area (TPSA) is 63.8 Å². The van der Waals surface area contributed by atoms with Gasteiger partial charge < -0.3 is 0 Å². The van der Waals surface area contributed by atoms with Crippen molar-refractivity contribution < 1.29 is 0 Å². The number of nitrogens with zero attached hydrogens (tertiary/aromatic N) is 2. The summed E-state index contributed by atoms with van der Waals surface area (Å²) in [5, 5.41) is 1.92. The van der Waals surface area contributed by atoms with Gasteiger partial charge in [-0.05, 0) is 73.1 Å². The summed E-state index contributed by atoms with van der Waals surface area (Å²) >= 11 is 6.00. The number of rotatable bonds is 5. The molecule has 0 radical (unpaired) electrons. The van der Waals surface area contributed by atoms with Crippen molar-refractivity contribution in [2.24, 2.45) is 5.84 Å². The molecule has 7 heteroatoms. The Kier molecular flexibility index (Phi) is 9.93. The Morgan fingerprint density at radius 3 is 2.28 bits per heavy atom. The van der Waals surface area contributed by atoms with Crippen LogP contribution in [0.3, 0.4) is 0 Å². The number of halogens is 3. The average Bonchev–Trinajstić information content (AvgIpc) is 2.78. The molecule has 172 valence electrons. The van der Waals surface area contributed by atoms with Gasteiger partial charge >= 0.3 is 0 Å². The van der Waals surface area contributed by atoms with Gasteiger partial charge in [0.1, 0.15) is 0 Å². The lowest BCUT2D eigenvalue weighted by Gasteiger charge is -2.28. The number of nitrogens with one attached hydrogen (secondary N) is 1. The van der Waals surface area contributed by atoms with E-state index in [0.29, 0.717) is 17.9 Å². The average molecular weight is 494 g/mol. The second kappa shape index (κ2) is 12.0. The zero-order valence-corrected chi connectivity index (χ0v) is 20.8. The van der Waals surface area contributed by atoms with E-state index in [1.165, 1.54) is 16.6 Å². The van der Waals surface area contributed by atoms with E-state index in [4.69, 9.17) is 27.4 Å². The summed E-state index contributed by atoms with van der Waals surface area (Å²) in [5.41, 5.74) is 7.53. The number of aromatic nitrogens is 2. The Hall–Kier alpha value is -1.69. The van der Waals surface area contributed by atoms with Crippen LogP contribution in [-0.4, -0.2) is 16.0 Å². The summed E-state index contributed by atoms with van der Waals surface area (Å²) in [6.07, 6.45) is 8.37. The van der Waals surface area contributed by atoms with Gasteiger partial charge in [-0.1, -0.05) is 49.7 Å². The Morgan fingerprint density at radius 1 is 0.969 bits per heavy atom. The Morgan fingerprint density at radius 2 is 1.66 bits per heavy atom. The Labute approximate surface area is 207 Å². The maximum absolute atomic E-state index is 6.00. The molecular weight excluding hydrogens is 463 g/mol. The quantitative estimate of drug-likeness (QED) is 0.299. The fourth-order valence-electron chi connectivity index (χ4n) is 4.21. The molecular formula is C25H31Cl3N4. The molecule has 2 aromatic carbocycles. The third kappa shape index (κ3) is 6.21. The number of fused-ring (bicyclic) bond motifs is 1. The van der Waals surface area contributed by atoms with Crippen molar-refractivity contribution in [1.29, 1.82) is 0 Å². The van der Waals surface area contributed by atoms with Gasteiger partial charge in [-0.2, -0.15) is 0 Å². The van der Waals surface area contributed by atoms with E-state index in [-0.39, 0.29) is 24.8 Å². The second-order valence-corrected chi connectivity index (χ2v) is 8.93. The molecule has 4 nitrogen and oxygen atoms in total. The van der Waals surface area contributed by atoms with Gasteiger partial charge in [-0.25, -0.2) is 9.97 Å². The summed E-state index contributed by atoms with van der Waals surface area (Å²) in [7, 11) is 0. The first-order valence-electron chi connectivity index (χ1n) is 10.7. The first kappa shape index (κ1) is 26.6. The van der Waals surface area contributed by atoms with E-state index >= 15 is 0 Å². The van der Waals surface area contributed by atoms with Gasteiger partial charge in [0.15, 0.2) is 5.82 Å². The molecule has 0 saturated heterocycles. The predicted molar refractivity (Wildman–Crippen MR) is 141 cm³/mol. The summed E-state index contributed by atoms with van der Waals surface area (Å²) < 4.78 is 0.